The fourth-order valence-corrected chi connectivity index (χ4v) is 14.5. The van der Waals surface area contributed by atoms with E-state index in [9.17, 15) is 33.6 Å². The minimum Gasteiger partial charge on any atom is -0.459 e. The lowest BCUT2D eigenvalue weighted by molar-refractivity contribution is -0.310. The van der Waals surface area contributed by atoms with Crippen molar-refractivity contribution in [3.63, 3.8) is 0 Å². The molecular formula is C57H98FN5O15S. The van der Waals surface area contributed by atoms with Crippen LogP contribution in [0.2, 0.25) is 0 Å². The predicted molar refractivity (Wildman–Crippen MR) is 294 cm³/mol. The van der Waals surface area contributed by atoms with E-state index in [1.165, 1.54) is 14.0 Å². The maximum Gasteiger partial charge on any atom is 0.311 e. The van der Waals surface area contributed by atoms with Crippen LogP contribution in [0.3, 0.4) is 0 Å². The van der Waals surface area contributed by atoms with Crippen LogP contribution >= 0.6 is 0 Å². The Bertz CT molecular complexity index is 2230. The van der Waals surface area contributed by atoms with Crippen molar-refractivity contribution in [1.82, 2.24) is 25.8 Å². The second-order valence-corrected chi connectivity index (χ2v) is 26.6. The fourth-order valence-electron chi connectivity index (χ4n) is 12.9. The minimum absolute atomic E-state index is 0.0386. The quantitative estimate of drug-likeness (QED) is 0.108. The molecule has 5 heterocycles. The summed E-state index contributed by atoms with van der Waals surface area (Å²) in [4.78, 5) is 18.7. The molecule has 0 saturated carbocycles. The summed E-state index contributed by atoms with van der Waals surface area (Å²) in [5, 5.41) is 50.5. The van der Waals surface area contributed by atoms with E-state index >= 15 is 4.39 Å². The number of carbonyl (C=O) groups excluding carboxylic acids is 1. The molecule has 22 heteroatoms. The molecular weight excluding hydrogens is 1050 g/mol. The summed E-state index contributed by atoms with van der Waals surface area (Å²) in [6.07, 6.45) is -3.84. The molecule has 5 aliphatic rings. The number of nitrogens with zero attached hydrogens (tertiary/aromatic N) is 3. The van der Waals surface area contributed by atoms with E-state index < -0.39 is 125 Å². The summed E-state index contributed by atoms with van der Waals surface area (Å²) in [7, 11) is 3.33. The fraction of sp³-hybridized carbons (Fsp3) is 0.842. The zero-order valence-electron chi connectivity index (χ0n) is 49.5. The molecule has 19 atom stereocenters. The molecule has 6 N–H and O–H groups in total. The first-order chi connectivity index (χ1) is 37.1. The molecule has 0 spiro atoms. The van der Waals surface area contributed by atoms with Crippen LogP contribution in [-0.2, 0) is 52.5 Å². The van der Waals surface area contributed by atoms with Crippen LogP contribution in [0.4, 0.5) is 4.39 Å². The third kappa shape index (κ3) is 16.2. The van der Waals surface area contributed by atoms with Gasteiger partial charge in [-0.15, -0.1) is 5.53 Å². The highest BCUT2D eigenvalue weighted by Gasteiger charge is 2.52. The molecule has 0 bridgehead atoms. The Morgan fingerprint density at radius 2 is 1.62 bits per heavy atom. The van der Waals surface area contributed by atoms with Gasteiger partial charge in [0, 0.05) is 89.7 Å². The lowest BCUT2D eigenvalue weighted by atomic mass is 9.77. The largest absolute Gasteiger partial charge is 0.459 e. The molecule has 20 nitrogen and oxygen atoms in total. The van der Waals surface area contributed by atoms with Crippen molar-refractivity contribution in [3.8, 4) is 0 Å². The number of esters is 1. The Balaban J connectivity index is 1.21. The van der Waals surface area contributed by atoms with Crippen LogP contribution in [0.15, 0.2) is 41.1 Å². The molecule has 0 aromatic heterocycles. The number of likely N-dealkylation sites (N-methyl/N-ethyl adjacent to an activating group) is 2. The average molecular weight is 1140 g/mol. The van der Waals surface area contributed by atoms with E-state index in [4.69, 9.17) is 37.9 Å². The zero-order chi connectivity index (χ0) is 58.4. The van der Waals surface area contributed by atoms with Gasteiger partial charge in [-0.05, 0) is 124 Å². The van der Waals surface area contributed by atoms with Crippen molar-refractivity contribution in [2.24, 2.45) is 23.7 Å². The van der Waals surface area contributed by atoms with E-state index in [2.05, 4.69) is 11.0 Å². The highest BCUT2D eigenvalue weighted by Crippen LogP contribution is 2.41. The number of nitrogens with one attached hydrogen (secondary N) is 2. The van der Waals surface area contributed by atoms with Gasteiger partial charge in [0.25, 0.3) is 0 Å². The second kappa shape index (κ2) is 27.8. The first-order valence-corrected chi connectivity index (χ1v) is 30.3. The third-order valence-electron chi connectivity index (χ3n) is 17.7. The number of cyclic esters (lactones) is 1. The molecule has 1 aromatic carbocycles. The van der Waals surface area contributed by atoms with Crippen molar-refractivity contribution < 1.29 is 75.9 Å². The van der Waals surface area contributed by atoms with E-state index in [1.807, 2.05) is 58.5 Å². The Hall–Kier alpha value is -2.65. The Labute approximate surface area is 470 Å². The number of rotatable bonds is 18. The Morgan fingerprint density at radius 1 is 0.949 bits per heavy atom. The molecule has 4 saturated heterocycles. The monoisotopic (exact) mass is 1140 g/mol. The summed E-state index contributed by atoms with van der Waals surface area (Å²) in [5.74, 6) is -2.62. The topological polar surface area (TPSA) is 240 Å². The normalized spacial score (nSPS) is 39.1. The van der Waals surface area contributed by atoms with E-state index in [0.717, 1.165) is 5.70 Å². The lowest BCUT2D eigenvalue weighted by Gasteiger charge is -2.48. The highest BCUT2D eigenvalue weighted by molar-refractivity contribution is 7.91. The number of ether oxygens (including phenoxy) is 8. The van der Waals surface area contributed by atoms with Gasteiger partial charge in [-0.1, -0.05) is 32.9 Å². The molecule has 0 amide bonds. The predicted octanol–water partition coefficient (Wildman–Crippen LogP) is 4.78. The number of hydrazine groups is 2. The van der Waals surface area contributed by atoms with Gasteiger partial charge in [-0.3, -0.25) is 9.80 Å². The molecule has 4 fully saturated rings. The molecule has 5 aliphatic heterocycles. The van der Waals surface area contributed by atoms with E-state index in [1.54, 1.807) is 70.3 Å². The van der Waals surface area contributed by atoms with Gasteiger partial charge >= 0.3 is 5.97 Å². The lowest BCUT2D eigenvalue weighted by Crippen LogP contribution is -2.60. The van der Waals surface area contributed by atoms with Crippen molar-refractivity contribution in [2.45, 2.75) is 222 Å². The van der Waals surface area contributed by atoms with Crippen molar-refractivity contribution >= 4 is 15.8 Å². The molecule has 0 radical (unpaired) electrons. The number of methoxy groups -OCH3 is 2. The first kappa shape index (κ1) is 65.5. The van der Waals surface area contributed by atoms with Crippen LogP contribution in [0.1, 0.15) is 132 Å². The highest BCUT2D eigenvalue weighted by atomic mass is 32.2. The van der Waals surface area contributed by atoms with Crippen molar-refractivity contribution in [3.05, 3.63) is 41.7 Å². The summed E-state index contributed by atoms with van der Waals surface area (Å²) >= 11 is 0. The molecule has 454 valence electrons. The van der Waals surface area contributed by atoms with Crippen LogP contribution < -0.4 is 11.0 Å². The molecule has 1 aromatic rings. The number of sulfone groups is 1. The standard InChI is InChI=1S/C57H98FN5O15S/c1-15-46-57(10,68)51(65)39(7)62(12)31-34(2)27-56(9,67)52(37(5)49(38(6)53(66)76-46)77-47-29-55(8,72-14)28-36(4)74-47)78-54-48(64)44(26-35(3)75-54)61(11)23-20-42-32-63(60-59-42)45(30-58)50(71-13)41-16-18-43(19-17-41)79(69,70)33-40-21-24-73-25-22-40/h16-19,32,34-40,44-52,54,59-60,64-65,67-68H,15,20-31,33H2,1-14H3/t34-,35-,36+,37+,38-,39-,44+,45-,46-,47+,48-,49+,50-,51-,52-,54+,55+,56-,57-/m1/s1. The van der Waals surface area contributed by atoms with Crippen LogP contribution in [0.25, 0.3) is 0 Å². The van der Waals surface area contributed by atoms with E-state index in [-0.39, 0.29) is 41.4 Å². The number of halogens is 1. The molecule has 0 aliphatic carbocycles. The number of hydrogen-bond acceptors (Lipinski definition) is 20. The summed E-state index contributed by atoms with van der Waals surface area (Å²) in [6.45, 7) is 19.2. The van der Waals surface area contributed by atoms with Gasteiger partial charge in [0.1, 0.15) is 42.7 Å². The number of hydrogen-bond donors (Lipinski definition) is 6. The first-order valence-electron chi connectivity index (χ1n) is 28.7. The molecule has 6 rings (SSSR count). The van der Waals surface area contributed by atoms with Gasteiger partial charge in [0.15, 0.2) is 22.4 Å². The zero-order valence-corrected chi connectivity index (χ0v) is 50.3. The van der Waals surface area contributed by atoms with Crippen LogP contribution in [0.5, 0.6) is 0 Å². The number of carbonyl (C=O) groups is 1. The summed E-state index contributed by atoms with van der Waals surface area (Å²) in [6, 6.07) is 4.59. The second-order valence-electron chi connectivity index (χ2n) is 24.5. The SMILES string of the molecule is CC[C@H]1OC(=O)[C@H](C)[C@@H](O[C@H]2C[C@@](C)(OC)C[C@H](C)O2)[C@H](C)[C@@H](O[C@@H]2O[C@H](C)C[C@H](N(C)CCC3=CN([C@H](CF)[C@H](OC)c4ccc(S(=O)(=O)CC5CCOCC5)cc4)NN3)[C@H]2O)[C@](C)(O)C[C@@H](C)CN(C)[C@H](C)[C@@H](O)[C@]1(C)O. The smallest absolute Gasteiger partial charge is 0.311 e. The van der Waals surface area contributed by atoms with Gasteiger partial charge < -0.3 is 73.5 Å². The number of benzene rings is 1. The Morgan fingerprint density at radius 3 is 2.24 bits per heavy atom. The van der Waals surface area contributed by atoms with Crippen LogP contribution in [-0.4, -0.2) is 207 Å². The minimum atomic E-state index is -3.53. The molecule has 79 heavy (non-hydrogen) atoms. The van der Waals surface area contributed by atoms with Gasteiger partial charge in [0.2, 0.25) is 0 Å². The van der Waals surface area contributed by atoms with E-state index in [0.29, 0.717) is 70.4 Å². The van der Waals surface area contributed by atoms with Crippen LogP contribution in [0, 0.1) is 23.7 Å². The average Bonchev–Trinajstić information content (AvgIpc) is 3.98. The maximum atomic E-state index is 15.0. The van der Waals surface area contributed by atoms with Gasteiger partial charge in [0.05, 0.1) is 52.2 Å². The number of aliphatic hydroxyl groups is 4. The number of alkyl halides is 1. The van der Waals surface area contributed by atoms with Gasteiger partial charge in [-0.25, -0.2) is 12.8 Å². The summed E-state index contributed by atoms with van der Waals surface area (Å²) < 4.78 is 91.6. The van der Waals surface area contributed by atoms with Crippen molar-refractivity contribution in [2.75, 3.05) is 67.0 Å². The summed E-state index contributed by atoms with van der Waals surface area (Å²) in [5.41, 5.74) is 3.51. The Kier molecular flexibility index (Phi) is 23.1. The van der Waals surface area contributed by atoms with Gasteiger partial charge in [-0.2, -0.15) is 0 Å². The maximum absolute atomic E-state index is 15.0. The van der Waals surface area contributed by atoms with Crippen molar-refractivity contribution in [1.29, 1.82) is 0 Å². The third-order valence-corrected chi connectivity index (χ3v) is 19.6. The number of aliphatic hydroxyl groups excluding tert-OH is 2. The molecule has 0 unspecified atom stereocenters.